The van der Waals surface area contributed by atoms with Gasteiger partial charge in [0.1, 0.15) is 5.82 Å². The molecule has 0 aliphatic heterocycles. The number of hydrogen-bond acceptors (Lipinski definition) is 3. The number of rotatable bonds is 4. The van der Waals surface area contributed by atoms with Gasteiger partial charge >= 0.3 is 0 Å². The summed E-state index contributed by atoms with van der Waals surface area (Å²) in [5.41, 5.74) is 6.68. The first kappa shape index (κ1) is 9.96. The van der Waals surface area contributed by atoms with E-state index in [1.807, 2.05) is 16.9 Å². The van der Waals surface area contributed by atoms with Crippen LogP contribution in [0.25, 0.3) is 10.9 Å². The topological polar surface area (TPSA) is 56.7 Å². The molecule has 15 heavy (non-hydrogen) atoms. The van der Waals surface area contributed by atoms with E-state index in [4.69, 9.17) is 5.73 Å². The Balaban J connectivity index is 2.21. The Morgan fingerprint density at radius 3 is 3.00 bits per heavy atom. The standard InChI is InChI=1S/C11H16N4/c1-2-3-4-5-15-10-8-13-11(12)6-9(10)7-14-15/h6-8H,2-5H2,1H3,(H2,12,13). The molecule has 0 radical (unpaired) electrons. The number of nitrogen functional groups attached to an aromatic ring is 1. The van der Waals surface area contributed by atoms with Crippen molar-refractivity contribution < 1.29 is 0 Å². The van der Waals surface area contributed by atoms with E-state index in [2.05, 4.69) is 17.0 Å². The fourth-order valence-electron chi connectivity index (χ4n) is 1.68. The van der Waals surface area contributed by atoms with Gasteiger partial charge < -0.3 is 5.73 Å². The molecular formula is C11H16N4. The second-order valence-corrected chi connectivity index (χ2v) is 3.74. The zero-order valence-corrected chi connectivity index (χ0v) is 8.98. The van der Waals surface area contributed by atoms with Crippen LogP contribution in [0.3, 0.4) is 0 Å². The first-order valence-electron chi connectivity index (χ1n) is 5.38. The van der Waals surface area contributed by atoms with Crippen molar-refractivity contribution in [2.45, 2.75) is 32.7 Å². The molecule has 4 heteroatoms. The first-order chi connectivity index (χ1) is 7.31. The minimum Gasteiger partial charge on any atom is -0.384 e. The normalized spacial score (nSPS) is 11.0. The molecule has 2 N–H and O–H groups in total. The minimum atomic E-state index is 0.551. The molecule has 80 valence electrons. The smallest absolute Gasteiger partial charge is 0.124 e. The highest BCUT2D eigenvalue weighted by atomic mass is 15.3. The highest BCUT2D eigenvalue weighted by Gasteiger charge is 2.02. The van der Waals surface area contributed by atoms with Crippen LogP contribution in [0.2, 0.25) is 0 Å². The van der Waals surface area contributed by atoms with E-state index in [1.165, 1.54) is 12.8 Å². The van der Waals surface area contributed by atoms with Crippen LogP contribution < -0.4 is 5.73 Å². The molecule has 2 rings (SSSR count). The van der Waals surface area contributed by atoms with Gasteiger partial charge in [0.25, 0.3) is 0 Å². The number of aromatic nitrogens is 3. The second kappa shape index (κ2) is 4.29. The summed E-state index contributed by atoms with van der Waals surface area (Å²) in [5.74, 6) is 0.551. The van der Waals surface area contributed by atoms with Gasteiger partial charge in [0.15, 0.2) is 0 Å². The average Bonchev–Trinajstić information content (AvgIpc) is 2.61. The fourth-order valence-corrected chi connectivity index (χ4v) is 1.68. The second-order valence-electron chi connectivity index (χ2n) is 3.74. The van der Waals surface area contributed by atoms with Gasteiger partial charge in [0.05, 0.1) is 17.9 Å². The third-order valence-corrected chi connectivity index (χ3v) is 2.52. The number of pyridine rings is 1. The molecule has 0 saturated carbocycles. The van der Waals surface area contributed by atoms with Crippen LogP contribution in [-0.4, -0.2) is 14.8 Å². The van der Waals surface area contributed by atoms with Crippen molar-refractivity contribution in [1.82, 2.24) is 14.8 Å². The largest absolute Gasteiger partial charge is 0.384 e. The lowest BCUT2D eigenvalue weighted by Gasteiger charge is -2.02. The third kappa shape index (κ3) is 2.09. The highest BCUT2D eigenvalue weighted by molar-refractivity contribution is 5.79. The highest BCUT2D eigenvalue weighted by Crippen LogP contribution is 2.15. The Bertz CT molecular complexity index is 447. The molecule has 0 spiro atoms. The Labute approximate surface area is 89.1 Å². The van der Waals surface area contributed by atoms with E-state index >= 15 is 0 Å². The molecular weight excluding hydrogens is 188 g/mol. The van der Waals surface area contributed by atoms with Gasteiger partial charge in [0.2, 0.25) is 0 Å². The minimum absolute atomic E-state index is 0.551. The summed E-state index contributed by atoms with van der Waals surface area (Å²) in [6.07, 6.45) is 7.27. The summed E-state index contributed by atoms with van der Waals surface area (Å²) in [6, 6.07) is 1.86. The molecule has 4 nitrogen and oxygen atoms in total. The molecule has 0 unspecified atom stereocenters. The fraction of sp³-hybridized carbons (Fsp3) is 0.455. The Morgan fingerprint density at radius 2 is 2.20 bits per heavy atom. The summed E-state index contributed by atoms with van der Waals surface area (Å²) in [7, 11) is 0. The van der Waals surface area contributed by atoms with Crippen molar-refractivity contribution in [3.63, 3.8) is 0 Å². The van der Waals surface area contributed by atoms with E-state index in [1.54, 1.807) is 6.20 Å². The van der Waals surface area contributed by atoms with Gasteiger partial charge in [-0.15, -0.1) is 0 Å². The summed E-state index contributed by atoms with van der Waals surface area (Å²) < 4.78 is 2.00. The van der Waals surface area contributed by atoms with Crippen LogP contribution in [0.1, 0.15) is 26.2 Å². The molecule has 0 amide bonds. The van der Waals surface area contributed by atoms with Crippen molar-refractivity contribution >= 4 is 16.7 Å². The lowest BCUT2D eigenvalue weighted by Crippen LogP contribution is -2.00. The lowest BCUT2D eigenvalue weighted by atomic mass is 10.2. The lowest BCUT2D eigenvalue weighted by molar-refractivity contribution is 0.567. The number of hydrogen-bond donors (Lipinski definition) is 1. The molecule has 0 aliphatic rings. The molecule has 0 fully saturated rings. The molecule has 0 atom stereocenters. The Hall–Kier alpha value is -1.58. The Morgan fingerprint density at radius 1 is 1.33 bits per heavy atom. The van der Waals surface area contributed by atoms with E-state index in [0.717, 1.165) is 23.9 Å². The number of aryl methyl sites for hydroxylation is 1. The first-order valence-corrected chi connectivity index (χ1v) is 5.38. The SMILES string of the molecule is CCCCCn1ncc2cc(N)ncc21. The van der Waals surface area contributed by atoms with E-state index in [9.17, 15) is 0 Å². The Kier molecular flexibility index (Phi) is 2.85. The molecule has 2 aromatic rings. The monoisotopic (exact) mass is 204 g/mol. The molecule has 0 saturated heterocycles. The number of nitrogens with zero attached hydrogens (tertiary/aromatic N) is 3. The zero-order chi connectivity index (χ0) is 10.7. The van der Waals surface area contributed by atoms with Gasteiger partial charge in [-0.25, -0.2) is 4.98 Å². The maximum absolute atomic E-state index is 5.61. The molecule has 0 aromatic carbocycles. The molecule has 2 heterocycles. The maximum Gasteiger partial charge on any atom is 0.124 e. The van der Waals surface area contributed by atoms with E-state index < -0.39 is 0 Å². The van der Waals surface area contributed by atoms with Gasteiger partial charge in [-0.3, -0.25) is 4.68 Å². The predicted molar refractivity (Wildman–Crippen MR) is 61.5 cm³/mol. The van der Waals surface area contributed by atoms with Crippen molar-refractivity contribution in [2.24, 2.45) is 0 Å². The van der Waals surface area contributed by atoms with Crippen LogP contribution in [-0.2, 0) is 6.54 Å². The van der Waals surface area contributed by atoms with Crippen LogP contribution in [0.5, 0.6) is 0 Å². The van der Waals surface area contributed by atoms with Crippen molar-refractivity contribution in [2.75, 3.05) is 5.73 Å². The van der Waals surface area contributed by atoms with Gasteiger partial charge in [-0.1, -0.05) is 19.8 Å². The van der Waals surface area contributed by atoms with Crippen molar-refractivity contribution in [3.05, 3.63) is 18.5 Å². The van der Waals surface area contributed by atoms with Gasteiger partial charge in [0, 0.05) is 11.9 Å². The third-order valence-electron chi connectivity index (χ3n) is 2.52. The van der Waals surface area contributed by atoms with E-state index in [0.29, 0.717) is 5.82 Å². The summed E-state index contributed by atoms with van der Waals surface area (Å²) in [6.45, 7) is 3.16. The van der Waals surface area contributed by atoms with Crippen molar-refractivity contribution in [3.8, 4) is 0 Å². The summed E-state index contributed by atoms with van der Waals surface area (Å²) in [5, 5.41) is 5.40. The molecule has 2 aromatic heterocycles. The summed E-state index contributed by atoms with van der Waals surface area (Å²) in [4.78, 5) is 4.09. The van der Waals surface area contributed by atoms with Gasteiger partial charge in [-0.05, 0) is 12.5 Å². The molecule has 0 bridgehead atoms. The number of fused-ring (bicyclic) bond motifs is 1. The van der Waals surface area contributed by atoms with E-state index in [-0.39, 0.29) is 0 Å². The van der Waals surface area contributed by atoms with Crippen LogP contribution in [0.4, 0.5) is 5.82 Å². The van der Waals surface area contributed by atoms with Gasteiger partial charge in [-0.2, -0.15) is 5.10 Å². The van der Waals surface area contributed by atoms with Crippen molar-refractivity contribution in [1.29, 1.82) is 0 Å². The number of anilines is 1. The summed E-state index contributed by atoms with van der Waals surface area (Å²) >= 11 is 0. The molecule has 0 aliphatic carbocycles. The van der Waals surface area contributed by atoms with Crippen LogP contribution in [0, 0.1) is 0 Å². The maximum atomic E-state index is 5.61. The van der Waals surface area contributed by atoms with Crippen LogP contribution >= 0.6 is 0 Å². The van der Waals surface area contributed by atoms with Crippen LogP contribution in [0.15, 0.2) is 18.5 Å². The quantitative estimate of drug-likeness (QED) is 0.777. The number of unbranched alkanes of at least 4 members (excludes halogenated alkanes) is 2. The predicted octanol–water partition coefficient (Wildman–Crippen LogP) is 2.20. The number of nitrogens with two attached hydrogens (primary N) is 1. The average molecular weight is 204 g/mol. The zero-order valence-electron chi connectivity index (χ0n) is 8.98.